The first-order valence-electron chi connectivity index (χ1n) is 7.40. The van der Waals surface area contributed by atoms with E-state index >= 15 is 0 Å². The molecule has 1 N–H and O–H groups in total. The molecule has 0 unspecified atom stereocenters. The van der Waals surface area contributed by atoms with Crippen LogP contribution in [0.1, 0.15) is 19.8 Å². The van der Waals surface area contributed by atoms with Crippen molar-refractivity contribution in [3.63, 3.8) is 0 Å². The quantitative estimate of drug-likeness (QED) is 0.859. The van der Waals surface area contributed by atoms with Crippen molar-refractivity contribution in [2.24, 2.45) is 0 Å². The van der Waals surface area contributed by atoms with Gasteiger partial charge in [0.15, 0.2) is 0 Å². The predicted molar refractivity (Wildman–Crippen MR) is 86.3 cm³/mol. The van der Waals surface area contributed by atoms with Gasteiger partial charge in [-0.15, -0.1) is 0 Å². The van der Waals surface area contributed by atoms with Crippen LogP contribution in [0.25, 0.3) is 0 Å². The van der Waals surface area contributed by atoms with Crippen LogP contribution in [0.5, 0.6) is 0 Å². The minimum atomic E-state index is -3.25. The van der Waals surface area contributed by atoms with E-state index in [-0.39, 0.29) is 5.75 Å². The third-order valence-corrected chi connectivity index (χ3v) is 4.99. The van der Waals surface area contributed by atoms with E-state index in [1.807, 2.05) is 13.0 Å². The zero-order valence-corrected chi connectivity index (χ0v) is 13.6. The van der Waals surface area contributed by atoms with Gasteiger partial charge in [0.05, 0.1) is 17.6 Å². The molecule has 21 heavy (non-hydrogen) atoms. The Morgan fingerprint density at radius 1 is 1.24 bits per heavy atom. The summed E-state index contributed by atoms with van der Waals surface area (Å²) in [4.78, 5) is 8.87. The van der Waals surface area contributed by atoms with Gasteiger partial charge in [-0.25, -0.2) is 13.4 Å². The fourth-order valence-corrected chi connectivity index (χ4v) is 3.48. The van der Waals surface area contributed by atoms with Crippen LogP contribution in [-0.4, -0.2) is 57.3 Å². The second-order valence-corrected chi connectivity index (χ2v) is 7.31. The number of piperazine rings is 1. The number of hydrogen-bond donors (Lipinski definition) is 1. The highest BCUT2D eigenvalue weighted by atomic mass is 32.2. The van der Waals surface area contributed by atoms with Gasteiger partial charge in [0.1, 0.15) is 5.82 Å². The summed E-state index contributed by atoms with van der Waals surface area (Å²) in [7, 11) is -1.14. The summed E-state index contributed by atoms with van der Waals surface area (Å²) in [6.45, 7) is 5.91. The molecule has 6 nitrogen and oxygen atoms in total. The van der Waals surface area contributed by atoms with Crippen LogP contribution >= 0.6 is 0 Å². The van der Waals surface area contributed by atoms with E-state index < -0.39 is 10.0 Å². The van der Waals surface area contributed by atoms with Crippen LogP contribution in [-0.2, 0) is 10.0 Å². The van der Waals surface area contributed by atoms with E-state index in [4.69, 9.17) is 0 Å². The molecule has 0 aliphatic carbocycles. The Hall–Kier alpha value is -1.34. The number of rotatable bonds is 6. The number of anilines is 2. The van der Waals surface area contributed by atoms with Crippen molar-refractivity contribution in [1.29, 1.82) is 0 Å². The van der Waals surface area contributed by atoms with E-state index in [1.165, 1.54) is 0 Å². The van der Waals surface area contributed by atoms with Gasteiger partial charge in [-0.1, -0.05) is 13.3 Å². The molecule has 0 aromatic carbocycles. The topological polar surface area (TPSA) is 65.5 Å². The molecular formula is C14H24N4O2S. The molecule has 118 valence electrons. The Bertz CT molecular complexity index is 537. The van der Waals surface area contributed by atoms with Crippen molar-refractivity contribution in [1.82, 2.24) is 9.88 Å². The molecule has 2 rings (SSSR count). The lowest BCUT2D eigenvalue weighted by molar-refractivity contribution is 0.312. The molecule has 0 saturated carbocycles. The highest BCUT2D eigenvalue weighted by molar-refractivity contribution is 7.92. The van der Waals surface area contributed by atoms with E-state index in [2.05, 4.69) is 26.6 Å². The molecule has 2 heterocycles. The Morgan fingerprint density at radius 2 is 1.95 bits per heavy atom. The van der Waals surface area contributed by atoms with Crippen LogP contribution in [0.4, 0.5) is 11.5 Å². The number of aromatic nitrogens is 1. The average molecular weight is 312 g/mol. The van der Waals surface area contributed by atoms with Gasteiger partial charge < -0.3 is 9.80 Å². The SMILES string of the molecule is CCCCS(=O)(=O)Nc1ccc(N2CCN(C)CC2)nc1. The van der Waals surface area contributed by atoms with Gasteiger partial charge in [0.25, 0.3) is 0 Å². The molecule has 0 amide bonds. The van der Waals surface area contributed by atoms with Crippen molar-refractivity contribution in [3.05, 3.63) is 18.3 Å². The highest BCUT2D eigenvalue weighted by Crippen LogP contribution is 2.16. The van der Waals surface area contributed by atoms with Gasteiger partial charge in [-0.2, -0.15) is 0 Å². The molecule has 0 bridgehead atoms. The van der Waals surface area contributed by atoms with Crippen LogP contribution in [0.15, 0.2) is 18.3 Å². The molecule has 0 atom stereocenters. The summed E-state index contributed by atoms with van der Waals surface area (Å²) in [5.41, 5.74) is 0.531. The first kappa shape index (κ1) is 16.0. The Labute approximate surface area is 127 Å². The third-order valence-electron chi connectivity index (χ3n) is 3.62. The van der Waals surface area contributed by atoms with Crippen molar-refractivity contribution < 1.29 is 8.42 Å². The maximum absolute atomic E-state index is 11.8. The standard InChI is InChI=1S/C14H24N4O2S/c1-3-4-11-21(19,20)16-13-5-6-14(15-12-13)18-9-7-17(2)8-10-18/h5-6,12,16H,3-4,7-11H2,1-2H3. The smallest absolute Gasteiger partial charge is 0.232 e. The summed E-state index contributed by atoms with van der Waals surface area (Å²) in [6, 6.07) is 3.66. The maximum atomic E-state index is 11.8. The largest absolute Gasteiger partial charge is 0.354 e. The lowest BCUT2D eigenvalue weighted by Crippen LogP contribution is -2.44. The number of nitrogens with one attached hydrogen (secondary N) is 1. The Balaban J connectivity index is 1.96. The minimum Gasteiger partial charge on any atom is -0.354 e. The van der Waals surface area contributed by atoms with Gasteiger partial charge in [-0.05, 0) is 25.6 Å². The molecule has 1 saturated heterocycles. The first-order valence-corrected chi connectivity index (χ1v) is 9.05. The van der Waals surface area contributed by atoms with Gasteiger partial charge >= 0.3 is 0 Å². The lowest BCUT2D eigenvalue weighted by atomic mass is 10.3. The summed E-state index contributed by atoms with van der Waals surface area (Å²) in [5, 5.41) is 0. The summed E-state index contributed by atoms with van der Waals surface area (Å²) < 4.78 is 26.2. The molecule has 1 aromatic rings. The van der Waals surface area contributed by atoms with Crippen molar-refractivity contribution in [2.75, 3.05) is 48.6 Å². The zero-order chi connectivity index (χ0) is 15.3. The lowest BCUT2D eigenvalue weighted by Gasteiger charge is -2.33. The Kier molecular flexibility index (Phi) is 5.41. The van der Waals surface area contributed by atoms with Crippen LogP contribution in [0, 0.1) is 0 Å². The van der Waals surface area contributed by atoms with Crippen molar-refractivity contribution >= 4 is 21.5 Å². The minimum absolute atomic E-state index is 0.156. The molecular weight excluding hydrogens is 288 g/mol. The molecule has 7 heteroatoms. The number of hydrogen-bond acceptors (Lipinski definition) is 5. The molecule has 1 fully saturated rings. The maximum Gasteiger partial charge on any atom is 0.232 e. The first-order chi connectivity index (χ1) is 10.00. The van der Waals surface area contributed by atoms with Gasteiger partial charge in [0, 0.05) is 26.2 Å². The van der Waals surface area contributed by atoms with Crippen molar-refractivity contribution in [3.8, 4) is 0 Å². The fraction of sp³-hybridized carbons (Fsp3) is 0.643. The van der Waals surface area contributed by atoms with Crippen LogP contribution in [0.2, 0.25) is 0 Å². The van der Waals surface area contributed by atoms with Gasteiger partial charge in [-0.3, -0.25) is 4.72 Å². The summed E-state index contributed by atoms with van der Waals surface area (Å²) in [5.74, 6) is 1.06. The molecule has 0 radical (unpaired) electrons. The Morgan fingerprint density at radius 3 is 2.52 bits per heavy atom. The molecule has 1 aliphatic rings. The van der Waals surface area contributed by atoms with Gasteiger partial charge in [0.2, 0.25) is 10.0 Å². The number of unbranched alkanes of at least 4 members (excludes halogenated alkanes) is 1. The monoisotopic (exact) mass is 312 g/mol. The van der Waals surface area contributed by atoms with E-state index in [1.54, 1.807) is 12.3 Å². The van der Waals surface area contributed by atoms with E-state index in [0.717, 1.165) is 38.4 Å². The van der Waals surface area contributed by atoms with Crippen LogP contribution < -0.4 is 9.62 Å². The third kappa shape index (κ3) is 4.86. The van der Waals surface area contributed by atoms with Crippen LogP contribution in [0.3, 0.4) is 0 Å². The normalized spacial score (nSPS) is 17.0. The summed E-state index contributed by atoms with van der Waals surface area (Å²) >= 11 is 0. The molecule has 1 aliphatic heterocycles. The molecule has 1 aromatic heterocycles. The number of pyridine rings is 1. The predicted octanol–water partition coefficient (Wildman–Crippen LogP) is 1.38. The molecule has 0 spiro atoms. The van der Waals surface area contributed by atoms with E-state index in [0.29, 0.717) is 12.1 Å². The number of sulfonamides is 1. The fourth-order valence-electron chi connectivity index (χ4n) is 2.23. The second kappa shape index (κ2) is 7.09. The van der Waals surface area contributed by atoms with E-state index in [9.17, 15) is 8.42 Å². The number of nitrogens with zero attached hydrogens (tertiary/aromatic N) is 3. The number of likely N-dealkylation sites (N-methyl/N-ethyl adjacent to an activating group) is 1. The zero-order valence-electron chi connectivity index (χ0n) is 12.7. The summed E-state index contributed by atoms with van der Waals surface area (Å²) in [6.07, 6.45) is 3.13. The van der Waals surface area contributed by atoms with Crippen molar-refractivity contribution in [2.45, 2.75) is 19.8 Å². The second-order valence-electron chi connectivity index (χ2n) is 5.47. The highest BCUT2D eigenvalue weighted by Gasteiger charge is 2.15. The average Bonchev–Trinajstić information content (AvgIpc) is 2.47.